The number of nitrogens with zero attached hydrogens (tertiary/aromatic N) is 3. The molecule has 4 rings (SSSR count). The number of hydrogen-bond donors (Lipinski definition) is 9. The van der Waals surface area contributed by atoms with E-state index in [0.717, 1.165) is 58.4 Å². The number of amides is 4. The van der Waals surface area contributed by atoms with Crippen molar-refractivity contribution >= 4 is 47.5 Å². The van der Waals surface area contributed by atoms with E-state index in [4.69, 9.17) is 30.9 Å². The Morgan fingerprint density at radius 2 is 1.05 bits per heavy atom. The number of carbonyl (C=O) groups is 8. The maximum absolute atomic E-state index is 11.7. The van der Waals surface area contributed by atoms with Crippen LogP contribution in [-0.2, 0) is 47.8 Å². The minimum atomic E-state index is -1.02. The molecule has 22 heteroatoms. The normalized spacial score (nSPS) is 19.3. The van der Waals surface area contributed by atoms with Crippen LogP contribution in [0.3, 0.4) is 0 Å². The number of carboxylic acid groups (broad SMARTS) is 2. The molecule has 2 saturated heterocycles. The lowest BCUT2D eigenvalue weighted by molar-refractivity contribution is -0.156. The van der Waals surface area contributed by atoms with E-state index in [1.807, 2.05) is 17.1 Å². The van der Waals surface area contributed by atoms with Gasteiger partial charge in [-0.3, -0.25) is 53.1 Å². The lowest BCUT2D eigenvalue weighted by Crippen LogP contribution is -2.43. The van der Waals surface area contributed by atoms with Crippen LogP contribution in [0.15, 0.2) is 24.3 Å². The number of hydrogen-bond acceptors (Lipinski definition) is 17. The van der Waals surface area contributed by atoms with Crippen LogP contribution in [-0.4, -0.2) is 200 Å². The molecule has 0 radical (unpaired) electrons. The van der Waals surface area contributed by atoms with Crippen molar-refractivity contribution in [3.63, 3.8) is 0 Å². The van der Waals surface area contributed by atoms with Gasteiger partial charge in [0.2, 0.25) is 11.8 Å². The van der Waals surface area contributed by atoms with Crippen molar-refractivity contribution in [1.82, 2.24) is 36.0 Å². The molecule has 10 N–H and O–H groups in total. The summed E-state index contributed by atoms with van der Waals surface area (Å²) < 4.78 is 9.86. The van der Waals surface area contributed by atoms with Gasteiger partial charge in [-0.15, -0.1) is 0 Å². The molecule has 4 amide bonds. The molecule has 22 nitrogen and oxygen atoms in total. The number of ether oxygens (including phenoxy) is 2. The van der Waals surface area contributed by atoms with Crippen LogP contribution in [0.4, 0.5) is 0 Å². The minimum absolute atomic E-state index is 0.0125. The highest BCUT2D eigenvalue weighted by molar-refractivity contribution is 6.12. The fraction of sp³-hybridized carbons (Fsp3) is 0.700. The summed E-state index contributed by atoms with van der Waals surface area (Å²) in [4.78, 5) is 94.7. The van der Waals surface area contributed by atoms with Gasteiger partial charge in [0.15, 0.2) is 0 Å². The zero-order chi connectivity index (χ0) is 45.7. The van der Waals surface area contributed by atoms with E-state index in [-0.39, 0.29) is 93.1 Å². The molecule has 0 aliphatic carbocycles. The molecule has 4 heterocycles. The number of unbranched alkanes of at least 4 members (excludes halogenated alkanes) is 2. The number of cyclic esters (lactones) is 2. The molecule has 2 fully saturated rings. The second-order valence-electron chi connectivity index (χ2n) is 14.7. The smallest absolute Gasteiger partial charge is 0.320 e. The van der Waals surface area contributed by atoms with Crippen molar-refractivity contribution in [1.29, 1.82) is 0 Å². The van der Waals surface area contributed by atoms with Crippen LogP contribution in [0.1, 0.15) is 51.4 Å². The number of nitrogens with one attached hydrogen (secondary N) is 4. The standard InChI is InChI=1S/C18H30N4O6.C14H30N4O4.C8H6O4/c23-14-2-1-7-19-8-10-21(11-9-20-15(24)3-6-18(27)28)12-13-22-16(25)4-5-17(22)26;15-5-9-18(10-7-16-6-1-2-12-19)11-8-17-13(20)3-4-14(21)22;9-7-5-3-1-2-4(11-3)6(5)8(10)12-7/h4-5,19,23H,1-3,6-14H2,(H,20,24)(H,27,28);16,19H,1-12,15H2,(H,17,20)(H,21,22);1-6H. The van der Waals surface area contributed by atoms with E-state index in [1.54, 1.807) is 0 Å². The molecule has 62 heavy (non-hydrogen) atoms. The summed E-state index contributed by atoms with van der Waals surface area (Å²) in [6.45, 7) is 9.17. The fourth-order valence-electron chi connectivity index (χ4n) is 6.62. The zero-order valence-corrected chi connectivity index (χ0v) is 35.4. The average molecular weight is 883 g/mol. The third-order valence-electron chi connectivity index (χ3n) is 10.00. The average Bonchev–Trinajstić information content (AvgIpc) is 4.02. The molecule has 0 aromatic heterocycles. The summed E-state index contributed by atoms with van der Waals surface area (Å²) in [7, 11) is 0. The first-order chi connectivity index (χ1) is 29.8. The highest BCUT2D eigenvalue weighted by Gasteiger charge is 2.59. The Bertz CT molecular complexity index is 1470. The highest BCUT2D eigenvalue weighted by Crippen LogP contribution is 2.43. The van der Waals surface area contributed by atoms with E-state index in [1.165, 1.54) is 17.1 Å². The van der Waals surface area contributed by atoms with Crippen LogP contribution in [0, 0.1) is 11.8 Å². The Morgan fingerprint density at radius 1 is 0.613 bits per heavy atom. The summed E-state index contributed by atoms with van der Waals surface area (Å²) in [5.74, 6) is -4.78. The largest absolute Gasteiger partial charge is 0.481 e. The SMILES string of the molecule is NCCN(CCNCCCCO)CCNC(=O)CCC(=O)O.O=C(O)CCC(=O)NCCN(CCNCCCCO)CCN1C(=O)C=CC1=O.O=C1OC(=O)C2C3C=CC(O3)C12. The van der Waals surface area contributed by atoms with E-state index in [2.05, 4.69) is 30.9 Å². The van der Waals surface area contributed by atoms with E-state index in [9.17, 15) is 38.4 Å². The van der Waals surface area contributed by atoms with Gasteiger partial charge in [0.25, 0.3) is 11.8 Å². The number of aliphatic hydroxyl groups is 2. The number of fused-ring (bicyclic) bond motifs is 5. The van der Waals surface area contributed by atoms with Gasteiger partial charge in [-0.2, -0.15) is 0 Å². The number of nitrogens with two attached hydrogens (primary N) is 1. The van der Waals surface area contributed by atoms with Gasteiger partial charge in [0, 0.05) is 117 Å². The van der Waals surface area contributed by atoms with E-state index in [0.29, 0.717) is 52.4 Å². The summed E-state index contributed by atoms with van der Waals surface area (Å²) in [6, 6.07) is 0. The number of esters is 2. The monoisotopic (exact) mass is 882 g/mol. The first kappa shape index (κ1) is 53.5. The van der Waals surface area contributed by atoms with Gasteiger partial charge in [0.1, 0.15) is 11.8 Å². The quantitative estimate of drug-likeness (QED) is 0.0109. The van der Waals surface area contributed by atoms with Crippen molar-refractivity contribution in [2.24, 2.45) is 17.6 Å². The zero-order valence-electron chi connectivity index (χ0n) is 35.4. The molecule has 2 bridgehead atoms. The van der Waals surface area contributed by atoms with Gasteiger partial charge in [-0.1, -0.05) is 12.2 Å². The third kappa shape index (κ3) is 21.4. The highest BCUT2D eigenvalue weighted by atomic mass is 16.6. The molecule has 4 aliphatic rings. The van der Waals surface area contributed by atoms with Gasteiger partial charge in [-0.05, 0) is 38.8 Å². The Balaban J connectivity index is 0.000000342. The maximum atomic E-state index is 11.7. The second-order valence-corrected chi connectivity index (χ2v) is 14.7. The molecule has 0 aromatic rings. The van der Waals surface area contributed by atoms with Crippen LogP contribution in [0.25, 0.3) is 0 Å². The van der Waals surface area contributed by atoms with Gasteiger partial charge in [-0.25, -0.2) is 0 Å². The molecule has 0 spiro atoms. The van der Waals surface area contributed by atoms with Gasteiger partial charge < -0.3 is 56.9 Å². The van der Waals surface area contributed by atoms with Crippen molar-refractivity contribution in [3.05, 3.63) is 24.3 Å². The van der Waals surface area contributed by atoms with Crippen molar-refractivity contribution < 1.29 is 68.3 Å². The van der Waals surface area contributed by atoms with Crippen LogP contribution < -0.4 is 27.0 Å². The Morgan fingerprint density at radius 3 is 1.47 bits per heavy atom. The number of carbonyl (C=O) groups excluding carboxylic acids is 6. The molecule has 4 unspecified atom stereocenters. The van der Waals surface area contributed by atoms with Crippen molar-refractivity contribution in [3.8, 4) is 0 Å². The van der Waals surface area contributed by atoms with Crippen LogP contribution in [0.5, 0.6) is 0 Å². The molecule has 4 aliphatic heterocycles. The van der Waals surface area contributed by atoms with Crippen LogP contribution >= 0.6 is 0 Å². The Hall–Kier alpha value is -4.68. The molecule has 0 aromatic carbocycles. The lowest BCUT2D eigenvalue weighted by Gasteiger charge is -2.25. The first-order valence-electron chi connectivity index (χ1n) is 21.2. The number of rotatable bonds is 31. The van der Waals surface area contributed by atoms with Crippen molar-refractivity contribution in [2.75, 3.05) is 105 Å². The van der Waals surface area contributed by atoms with Gasteiger partial charge in [0.05, 0.1) is 25.0 Å². The Labute approximate surface area is 361 Å². The molecular weight excluding hydrogens is 816 g/mol. The number of aliphatic hydroxyl groups excluding tert-OH is 2. The molecule has 4 atom stereocenters. The summed E-state index contributed by atoms with van der Waals surface area (Å²) in [6.07, 6.45) is 8.67. The predicted molar refractivity (Wildman–Crippen MR) is 222 cm³/mol. The summed E-state index contributed by atoms with van der Waals surface area (Å²) in [5.41, 5.74) is 5.57. The van der Waals surface area contributed by atoms with Crippen LogP contribution in [0.2, 0.25) is 0 Å². The van der Waals surface area contributed by atoms with E-state index >= 15 is 0 Å². The molecule has 350 valence electrons. The molecular formula is C40H66N8O14. The minimum Gasteiger partial charge on any atom is -0.481 e. The summed E-state index contributed by atoms with van der Waals surface area (Å²) >= 11 is 0. The Kier molecular flexibility index (Phi) is 26.9. The number of imide groups is 1. The number of aliphatic carboxylic acids is 2. The third-order valence-corrected chi connectivity index (χ3v) is 10.00. The van der Waals surface area contributed by atoms with Gasteiger partial charge >= 0.3 is 23.9 Å². The molecule has 0 saturated carbocycles. The topological polar surface area (TPSA) is 320 Å². The summed E-state index contributed by atoms with van der Waals surface area (Å²) in [5, 5.41) is 46.5. The number of carboxylic acids is 2. The first-order valence-corrected chi connectivity index (χ1v) is 21.2. The predicted octanol–water partition coefficient (Wildman–Crippen LogP) is -3.21. The van der Waals surface area contributed by atoms with E-state index < -0.39 is 23.9 Å². The maximum Gasteiger partial charge on any atom is 0.320 e. The second kappa shape index (κ2) is 31.2. The van der Waals surface area contributed by atoms with Crippen molar-refractivity contribution in [2.45, 2.75) is 63.6 Å². The fourth-order valence-corrected chi connectivity index (χ4v) is 6.62. The lowest BCUT2D eigenvalue weighted by atomic mass is 9.85.